The first kappa shape index (κ1) is 12.7. The second-order valence-corrected chi connectivity index (χ2v) is 5.87. The first-order valence-electron chi connectivity index (χ1n) is 7.21. The third-order valence-corrected chi connectivity index (χ3v) is 4.04. The molecule has 0 amide bonds. The van der Waals surface area contributed by atoms with Crippen molar-refractivity contribution in [1.82, 2.24) is 15.2 Å². The molecule has 0 aliphatic carbocycles. The Hall–Kier alpha value is -1.32. The summed E-state index contributed by atoms with van der Waals surface area (Å²) in [7, 11) is 2.21. The van der Waals surface area contributed by atoms with Gasteiger partial charge in [-0.25, -0.2) is 0 Å². The Morgan fingerprint density at radius 3 is 3.11 bits per heavy atom. The number of likely N-dealkylation sites (tertiary alicyclic amines) is 1. The molecule has 1 aliphatic rings. The Balaban J connectivity index is 1.65. The van der Waals surface area contributed by atoms with Crippen LogP contribution in [0.4, 0.5) is 0 Å². The molecule has 1 fully saturated rings. The van der Waals surface area contributed by atoms with E-state index in [1.807, 2.05) is 0 Å². The monoisotopic (exact) mass is 257 g/mol. The highest BCUT2D eigenvalue weighted by Crippen LogP contribution is 2.17. The summed E-state index contributed by atoms with van der Waals surface area (Å²) < 4.78 is 0. The highest BCUT2D eigenvalue weighted by molar-refractivity contribution is 5.81. The van der Waals surface area contributed by atoms with Crippen molar-refractivity contribution in [3.8, 4) is 0 Å². The topological polar surface area (TPSA) is 31.1 Å². The van der Waals surface area contributed by atoms with Crippen molar-refractivity contribution >= 4 is 10.9 Å². The van der Waals surface area contributed by atoms with Gasteiger partial charge in [-0.05, 0) is 56.9 Å². The summed E-state index contributed by atoms with van der Waals surface area (Å²) in [5, 5.41) is 4.99. The van der Waals surface area contributed by atoms with Gasteiger partial charge in [0.05, 0.1) is 0 Å². The lowest BCUT2D eigenvalue weighted by Crippen LogP contribution is -2.43. The Morgan fingerprint density at radius 1 is 1.37 bits per heavy atom. The number of likely N-dealkylation sites (N-methyl/N-ethyl adjacent to an activating group) is 1. The third-order valence-electron chi connectivity index (χ3n) is 4.04. The quantitative estimate of drug-likeness (QED) is 0.885. The molecule has 2 N–H and O–H groups in total. The molecule has 0 radical (unpaired) electrons. The summed E-state index contributed by atoms with van der Waals surface area (Å²) in [5.74, 6) is 0. The Morgan fingerprint density at radius 2 is 2.26 bits per heavy atom. The summed E-state index contributed by atoms with van der Waals surface area (Å²) in [6.07, 6.45) is 2.60. The van der Waals surface area contributed by atoms with Crippen LogP contribution < -0.4 is 5.32 Å². The SMILES string of the molecule is Cc1ccc2[nH]c(CNC3CCCN(C)C3)cc2c1. The van der Waals surface area contributed by atoms with Gasteiger partial charge in [-0.1, -0.05) is 11.6 Å². The molecule has 2 aromatic rings. The maximum absolute atomic E-state index is 3.67. The molecule has 1 aromatic carbocycles. The van der Waals surface area contributed by atoms with Gasteiger partial charge in [0.2, 0.25) is 0 Å². The Kier molecular flexibility index (Phi) is 3.58. The standard InChI is InChI=1S/C16H23N3/c1-12-5-6-16-13(8-12)9-15(18-16)10-17-14-4-3-7-19(2)11-14/h5-6,8-9,14,17-18H,3-4,7,10-11H2,1-2H3. The summed E-state index contributed by atoms with van der Waals surface area (Å²) >= 11 is 0. The van der Waals surface area contributed by atoms with Gasteiger partial charge in [-0.2, -0.15) is 0 Å². The molecule has 1 unspecified atom stereocenters. The van der Waals surface area contributed by atoms with Gasteiger partial charge in [-0.15, -0.1) is 0 Å². The number of H-pyrrole nitrogens is 1. The van der Waals surface area contributed by atoms with Crippen LogP contribution >= 0.6 is 0 Å². The fraction of sp³-hybridized carbons (Fsp3) is 0.500. The van der Waals surface area contributed by atoms with E-state index in [4.69, 9.17) is 0 Å². The Labute approximate surface area is 115 Å². The number of aromatic amines is 1. The number of piperidine rings is 1. The molecule has 1 atom stereocenters. The number of hydrogen-bond acceptors (Lipinski definition) is 2. The van der Waals surface area contributed by atoms with Crippen LogP contribution in [0.2, 0.25) is 0 Å². The minimum atomic E-state index is 0.631. The van der Waals surface area contributed by atoms with Crippen LogP contribution in [0.3, 0.4) is 0 Å². The normalized spacial score (nSPS) is 21.1. The maximum Gasteiger partial charge on any atom is 0.0456 e. The van der Waals surface area contributed by atoms with E-state index < -0.39 is 0 Å². The van der Waals surface area contributed by atoms with Crippen molar-refractivity contribution in [2.75, 3.05) is 20.1 Å². The third kappa shape index (κ3) is 2.99. The molecule has 0 spiro atoms. The van der Waals surface area contributed by atoms with Crippen molar-refractivity contribution < 1.29 is 0 Å². The first-order valence-corrected chi connectivity index (χ1v) is 7.21. The molecule has 2 heterocycles. The van der Waals surface area contributed by atoms with Crippen molar-refractivity contribution in [3.05, 3.63) is 35.5 Å². The summed E-state index contributed by atoms with van der Waals surface area (Å²) in [6, 6.07) is 9.47. The van der Waals surface area contributed by atoms with E-state index in [0.29, 0.717) is 6.04 Å². The lowest BCUT2D eigenvalue weighted by Gasteiger charge is -2.30. The van der Waals surface area contributed by atoms with Gasteiger partial charge in [0, 0.05) is 30.3 Å². The van der Waals surface area contributed by atoms with Crippen molar-refractivity contribution in [3.63, 3.8) is 0 Å². The number of nitrogens with one attached hydrogen (secondary N) is 2. The van der Waals surface area contributed by atoms with Crippen LogP contribution in [0.5, 0.6) is 0 Å². The number of aromatic nitrogens is 1. The van der Waals surface area contributed by atoms with Crippen LogP contribution in [0, 0.1) is 6.92 Å². The fourth-order valence-corrected chi connectivity index (χ4v) is 2.99. The minimum Gasteiger partial charge on any atom is -0.357 e. The van der Waals surface area contributed by atoms with E-state index in [1.54, 1.807) is 0 Å². The van der Waals surface area contributed by atoms with Crippen molar-refractivity contribution in [2.45, 2.75) is 32.4 Å². The highest BCUT2D eigenvalue weighted by atomic mass is 15.1. The largest absolute Gasteiger partial charge is 0.357 e. The van der Waals surface area contributed by atoms with Crippen LogP contribution in [0.1, 0.15) is 24.1 Å². The maximum atomic E-state index is 3.67. The van der Waals surface area contributed by atoms with E-state index in [2.05, 4.69) is 53.4 Å². The number of aryl methyl sites for hydroxylation is 1. The molecule has 3 rings (SSSR count). The smallest absolute Gasteiger partial charge is 0.0456 e. The zero-order chi connectivity index (χ0) is 13.2. The first-order chi connectivity index (χ1) is 9.20. The number of rotatable bonds is 3. The average Bonchev–Trinajstić information content (AvgIpc) is 2.78. The van der Waals surface area contributed by atoms with Gasteiger partial charge >= 0.3 is 0 Å². The van der Waals surface area contributed by atoms with E-state index in [-0.39, 0.29) is 0 Å². The zero-order valence-electron chi connectivity index (χ0n) is 11.9. The van der Waals surface area contributed by atoms with Gasteiger partial charge in [0.1, 0.15) is 0 Å². The van der Waals surface area contributed by atoms with E-state index >= 15 is 0 Å². The molecular weight excluding hydrogens is 234 g/mol. The molecular formula is C16H23N3. The van der Waals surface area contributed by atoms with Gasteiger partial charge in [-0.3, -0.25) is 0 Å². The molecule has 1 aromatic heterocycles. The minimum absolute atomic E-state index is 0.631. The van der Waals surface area contributed by atoms with Crippen LogP contribution in [-0.4, -0.2) is 36.1 Å². The zero-order valence-corrected chi connectivity index (χ0v) is 11.9. The van der Waals surface area contributed by atoms with Gasteiger partial charge < -0.3 is 15.2 Å². The van der Waals surface area contributed by atoms with Gasteiger partial charge in [0.25, 0.3) is 0 Å². The summed E-state index contributed by atoms with van der Waals surface area (Å²) in [5.41, 5.74) is 3.84. The molecule has 0 saturated carbocycles. The van der Waals surface area contributed by atoms with E-state index in [9.17, 15) is 0 Å². The summed E-state index contributed by atoms with van der Waals surface area (Å²) in [6.45, 7) is 5.48. The predicted molar refractivity (Wildman–Crippen MR) is 80.4 cm³/mol. The number of nitrogens with zero attached hydrogens (tertiary/aromatic N) is 1. The number of fused-ring (bicyclic) bond motifs is 1. The van der Waals surface area contributed by atoms with Crippen molar-refractivity contribution in [2.24, 2.45) is 0 Å². The second kappa shape index (κ2) is 5.35. The highest BCUT2D eigenvalue weighted by Gasteiger charge is 2.16. The number of hydrogen-bond donors (Lipinski definition) is 2. The molecule has 102 valence electrons. The average molecular weight is 257 g/mol. The molecule has 19 heavy (non-hydrogen) atoms. The summed E-state index contributed by atoms with van der Waals surface area (Å²) in [4.78, 5) is 5.91. The fourth-order valence-electron chi connectivity index (χ4n) is 2.99. The molecule has 1 saturated heterocycles. The second-order valence-electron chi connectivity index (χ2n) is 5.87. The molecule has 1 aliphatic heterocycles. The molecule has 0 bridgehead atoms. The number of benzene rings is 1. The van der Waals surface area contributed by atoms with Crippen LogP contribution in [0.25, 0.3) is 10.9 Å². The lowest BCUT2D eigenvalue weighted by atomic mass is 10.1. The van der Waals surface area contributed by atoms with E-state index in [0.717, 1.165) is 6.54 Å². The van der Waals surface area contributed by atoms with Crippen LogP contribution in [-0.2, 0) is 6.54 Å². The van der Waals surface area contributed by atoms with E-state index in [1.165, 1.54) is 48.1 Å². The van der Waals surface area contributed by atoms with Crippen molar-refractivity contribution in [1.29, 1.82) is 0 Å². The predicted octanol–water partition coefficient (Wildman–Crippen LogP) is 2.66. The lowest BCUT2D eigenvalue weighted by molar-refractivity contribution is 0.226. The molecule has 3 nitrogen and oxygen atoms in total. The Bertz CT molecular complexity index is 558. The molecule has 3 heteroatoms. The van der Waals surface area contributed by atoms with Gasteiger partial charge in [0.15, 0.2) is 0 Å². The van der Waals surface area contributed by atoms with Crippen LogP contribution in [0.15, 0.2) is 24.3 Å².